The van der Waals surface area contributed by atoms with Gasteiger partial charge in [0, 0.05) is 13.0 Å². The number of ether oxygens (including phenoxy) is 1. The summed E-state index contributed by atoms with van der Waals surface area (Å²) < 4.78 is 5.55. The first-order valence-corrected chi connectivity index (χ1v) is 4.85. The second kappa shape index (κ2) is 5.16. The van der Waals surface area contributed by atoms with Crippen LogP contribution in [0, 0.1) is 17.2 Å². The molecule has 0 spiro atoms. The van der Waals surface area contributed by atoms with Gasteiger partial charge in [-0.15, -0.1) is 0 Å². The molecule has 0 aromatic carbocycles. The van der Waals surface area contributed by atoms with Crippen LogP contribution in [0.5, 0.6) is 0 Å². The maximum atomic E-state index is 8.44. The van der Waals surface area contributed by atoms with Crippen molar-refractivity contribution >= 4 is 0 Å². The fraction of sp³-hybridized carbons (Fsp3) is 0.900. The van der Waals surface area contributed by atoms with Gasteiger partial charge in [0.1, 0.15) is 0 Å². The normalized spacial score (nSPS) is 29.7. The van der Waals surface area contributed by atoms with Crippen LogP contribution >= 0.6 is 0 Å². The predicted molar refractivity (Wildman–Crippen MR) is 47.6 cm³/mol. The van der Waals surface area contributed by atoms with Crippen LogP contribution in [0.4, 0.5) is 0 Å². The quantitative estimate of drug-likeness (QED) is 0.647. The highest BCUT2D eigenvalue weighted by molar-refractivity contribution is 4.76. The molecule has 2 atom stereocenters. The minimum Gasteiger partial charge on any atom is -0.378 e. The highest BCUT2D eigenvalue weighted by Gasteiger charge is 2.20. The molecular weight excluding hydrogens is 150 g/mol. The summed E-state index contributed by atoms with van der Waals surface area (Å²) in [7, 11) is 0. The predicted octanol–water partition coefficient (Wildman–Crippen LogP) is 2.50. The zero-order valence-electron chi connectivity index (χ0n) is 7.75. The largest absolute Gasteiger partial charge is 0.378 e. The lowest BCUT2D eigenvalue weighted by Crippen LogP contribution is -2.24. The molecule has 2 unspecified atom stereocenters. The van der Waals surface area contributed by atoms with Crippen molar-refractivity contribution in [1.82, 2.24) is 0 Å². The molecule has 1 rings (SSSR count). The van der Waals surface area contributed by atoms with Crippen LogP contribution in [0.1, 0.15) is 39.0 Å². The van der Waals surface area contributed by atoms with Gasteiger partial charge in [-0.3, -0.25) is 0 Å². The second-order valence-corrected chi connectivity index (χ2v) is 3.49. The van der Waals surface area contributed by atoms with Gasteiger partial charge in [0.05, 0.1) is 12.2 Å². The van der Waals surface area contributed by atoms with E-state index in [-0.39, 0.29) is 0 Å². The Morgan fingerprint density at radius 3 is 3.08 bits per heavy atom. The fourth-order valence-electron chi connectivity index (χ4n) is 1.77. The molecule has 0 bridgehead atoms. The number of nitriles is 1. The minimum absolute atomic E-state index is 0.461. The molecule has 2 heteroatoms. The van der Waals surface area contributed by atoms with E-state index in [9.17, 15) is 0 Å². The van der Waals surface area contributed by atoms with Crippen molar-refractivity contribution in [2.24, 2.45) is 5.92 Å². The Bertz CT molecular complexity index is 162. The van der Waals surface area contributed by atoms with E-state index in [0.717, 1.165) is 38.2 Å². The zero-order valence-corrected chi connectivity index (χ0v) is 7.75. The summed E-state index contributed by atoms with van der Waals surface area (Å²) >= 11 is 0. The van der Waals surface area contributed by atoms with Crippen molar-refractivity contribution in [2.75, 3.05) is 6.61 Å². The van der Waals surface area contributed by atoms with Crippen molar-refractivity contribution in [1.29, 1.82) is 5.26 Å². The lowest BCUT2D eigenvalue weighted by atomic mass is 9.91. The van der Waals surface area contributed by atoms with E-state index in [4.69, 9.17) is 10.00 Å². The number of rotatable bonds is 3. The molecule has 68 valence electrons. The highest BCUT2D eigenvalue weighted by atomic mass is 16.5. The molecule has 0 saturated carbocycles. The van der Waals surface area contributed by atoms with Gasteiger partial charge in [-0.25, -0.2) is 0 Å². The lowest BCUT2D eigenvalue weighted by molar-refractivity contribution is -0.0117. The average molecular weight is 167 g/mol. The summed E-state index contributed by atoms with van der Waals surface area (Å²) in [5, 5.41) is 8.44. The second-order valence-electron chi connectivity index (χ2n) is 3.49. The van der Waals surface area contributed by atoms with Crippen LogP contribution in [0.15, 0.2) is 0 Å². The molecule has 0 aromatic heterocycles. The van der Waals surface area contributed by atoms with Crippen LogP contribution in [-0.2, 0) is 4.74 Å². The van der Waals surface area contributed by atoms with E-state index >= 15 is 0 Å². The summed E-state index contributed by atoms with van der Waals surface area (Å²) in [6, 6.07) is 2.21. The number of hydrogen-bond acceptors (Lipinski definition) is 2. The van der Waals surface area contributed by atoms with Gasteiger partial charge in [0.25, 0.3) is 0 Å². The van der Waals surface area contributed by atoms with E-state index in [1.165, 1.54) is 0 Å². The average Bonchev–Trinajstić information content (AvgIpc) is 2.15. The van der Waals surface area contributed by atoms with E-state index in [2.05, 4.69) is 13.0 Å². The van der Waals surface area contributed by atoms with Crippen LogP contribution in [-0.4, -0.2) is 12.7 Å². The third kappa shape index (κ3) is 2.83. The van der Waals surface area contributed by atoms with Gasteiger partial charge < -0.3 is 4.74 Å². The van der Waals surface area contributed by atoms with Gasteiger partial charge in [0.15, 0.2) is 0 Å². The Morgan fingerprint density at radius 2 is 2.42 bits per heavy atom. The molecule has 0 amide bonds. The third-order valence-electron chi connectivity index (χ3n) is 2.60. The Balaban J connectivity index is 2.22. The first-order valence-electron chi connectivity index (χ1n) is 4.85. The third-order valence-corrected chi connectivity index (χ3v) is 2.60. The maximum absolute atomic E-state index is 8.44. The molecular formula is C10H17NO. The van der Waals surface area contributed by atoms with Crippen molar-refractivity contribution in [2.45, 2.75) is 45.1 Å². The number of nitrogens with zero attached hydrogens (tertiary/aromatic N) is 1. The molecule has 1 heterocycles. The molecule has 0 radical (unpaired) electrons. The SMILES string of the molecule is CCC1CC(CCC#N)CCO1. The summed E-state index contributed by atoms with van der Waals surface area (Å²) in [5.74, 6) is 0.739. The zero-order chi connectivity index (χ0) is 8.81. The van der Waals surface area contributed by atoms with Gasteiger partial charge in [-0.05, 0) is 31.6 Å². The minimum atomic E-state index is 0.461. The van der Waals surface area contributed by atoms with E-state index in [1.54, 1.807) is 0 Å². The lowest BCUT2D eigenvalue weighted by Gasteiger charge is -2.28. The fourth-order valence-corrected chi connectivity index (χ4v) is 1.77. The first-order chi connectivity index (χ1) is 5.86. The Labute approximate surface area is 74.5 Å². The molecule has 2 nitrogen and oxygen atoms in total. The van der Waals surface area contributed by atoms with Gasteiger partial charge in [-0.1, -0.05) is 6.92 Å². The van der Waals surface area contributed by atoms with Gasteiger partial charge >= 0.3 is 0 Å². The Kier molecular flexibility index (Phi) is 4.10. The maximum Gasteiger partial charge on any atom is 0.0621 e. The first kappa shape index (κ1) is 9.54. The topological polar surface area (TPSA) is 33.0 Å². The molecule has 1 aliphatic heterocycles. The molecule has 12 heavy (non-hydrogen) atoms. The standard InChI is InChI=1S/C10H17NO/c1-2-10-8-9(4-3-6-11)5-7-12-10/h9-10H,2-5,7-8H2,1H3. The molecule has 0 aromatic rings. The molecule has 1 fully saturated rings. The van der Waals surface area contributed by atoms with E-state index in [0.29, 0.717) is 12.5 Å². The number of hydrogen-bond donors (Lipinski definition) is 0. The van der Waals surface area contributed by atoms with Crippen molar-refractivity contribution in [3.05, 3.63) is 0 Å². The van der Waals surface area contributed by atoms with Gasteiger partial charge in [-0.2, -0.15) is 5.26 Å². The highest BCUT2D eigenvalue weighted by Crippen LogP contribution is 2.25. The van der Waals surface area contributed by atoms with Crippen LogP contribution in [0.3, 0.4) is 0 Å². The monoisotopic (exact) mass is 167 g/mol. The smallest absolute Gasteiger partial charge is 0.0621 e. The summed E-state index contributed by atoms with van der Waals surface area (Å²) in [6.45, 7) is 3.06. The van der Waals surface area contributed by atoms with Crippen LogP contribution < -0.4 is 0 Å². The van der Waals surface area contributed by atoms with Crippen molar-refractivity contribution in [3.8, 4) is 6.07 Å². The Morgan fingerprint density at radius 1 is 1.58 bits per heavy atom. The van der Waals surface area contributed by atoms with Crippen LogP contribution in [0.25, 0.3) is 0 Å². The molecule has 1 aliphatic rings. The summed E-state index contributed by atoms with van der Waals surface area (Å²) in [4.78, 5) is 0. The van der Waals surface area contributed by atoms with E-state index in [1.807, 2.05) is 0 Å². The van der Waals surface area contributed by atoms with E-state index < -0.39 is 0 Å². The van der Waals surface area contributed by atoms with Crippen molar-refractivity contribution < 1.29 is 4.74 Å². The molecule has 1 saturated heterocycles. The van der Waals surface area contributed by atoms with Crippen LogP contribution in [0.2, 0.25) is 0 Å². The molecule has 0 N–H and O–H groups in total. The summed E-state index contributed by atoms with van der Waals surface area (Å²) in [6.07, 6.45) is 5.67. The summed E-state index contributed by atoms with van der Waals surface area (Å²) in [5.41, 5.74) is 0. The molecule has 0 aliphatic carbocycles. The van der Waals surface area contributed by atoms with Crippen molar-refractivity contribution in [3.63, 3.8) is 0 Å². The Hall–Kier alpha value is -0.550. The van der Waals surface area contributed by atoms with Gasteiger partial charge in [0.2, 0.25) is 0 Å².